The Morgan fingerprint density at radius 3 is 1.89 bits per heavy atom. The molecule has 0 aliphatic rings. The van der Waals surface area contributed by atoms with Crippen molar-refractivity contribution in [3.63, 3.8) is 0 Å². The summed E-state index contributed by atoms with van der Waals surface area (Å²) >= 11 is 0. The maximum absolute atomic E-state index is 12.7. The van der Waals surface area contributed by atoms with Crippen LogP contribution in [-0.2, 0) is 28.0 Å². The van der Waals surface area contributed by atoms with E-state index < -0.39 is 17.4 Å². The molecule has 0 saturated heterocycles. The zero-order valence-corrected chi connectivity index (χ0v) is 25.4. The average molecular weight is 652 g/mol. The van der Waals surface area contributed by atoms with Crippen molar-refractivity contribution in [2.75, 3.05) is 13.2 Å². The SMILES string of the molecule is CC(C)(COc1ccc(OOCc2ccc(O)cc2COO)cc1)COc1ccc(OC(=O)c2cc(OON)ccc2C(=O)O)cc1. The Balaban J connectivity index is 1.23. The number of carboxylic acids is 1. The van der Waals surface area contributed by atoms with Crippen molar-refractivity contribution < 1.29 is 63.8 Å². The van der Waals surface area contributed by atoms with E-state index in [9.17, 15) is 19.8 Å². The average Bonchev–Trinajstić information content (AvgIpc) is 3.05. The first kappa shape index (κ1) is 34.5. The molecular weight excluding hydrogens is 618 g/mol. The first-order chi connectivity index (χ1) is 22.6. The summed E-state index contributed by atoms with van der Waals surface area (Å²) in [6.07, 6.45) is 0. The molecule has 4 aromatic carbocycles. The molecule has 5 N–H and O–H groups in total. The van der Waals surface area contributed by atoms with Crippen LogP contribution in [0.3, 0.4) is 0 Å². The van der Waals surface area contributed by atoms with Crippen LogP contribution in [0.1, 0.15) is 45.7 Å². The Morgan fingerprint density at radius 1 is 0.702 bits per heavy atom. The molecule has 14 heteroatoms. The second-order valence-corrected chi connectivity index (χ2v) is 10.8. The van der Waals surface area contributed by atoms with E-state index in [-0.39, 0.29) is 41.6 Å². The molecule has 0 atom stereocenters. The Morgan fingerprint density at radius 2 is 1.30 bits per heavy atom. The standard InChI is InChI=1S/C33H33NO13/c1-33(2,20-41-25-7-11-27(12-8-25)45-43-18-21-3-4-23(35)15-22(21)17-42-39)19-40-24-5-9-26(10-6-24)44-32(38)30-16-28(46-47-34)13-14-29(30)31(36)37/h3-16,35,39H,17-20,34H2,1-2H3,(H,36,37). The highest BCUT2D eigenvalue weighted by atomic mass is 17.3. The molecule has 4 aromatic rings. The molecule has 0 aliphatic heterocycles. The van der Waals surface area contributed by atoms with Crippen LogP contribution in [0, 0.1) is 5.41 Å². The number of phenolic OH excluding ortho intramolecular Hbond substituents is 1. The Hall–Kier alpha value is -5.38. The van der Waals surface area contributed by atoms with Gasteiger partial charge in [-0.1, -0.05) is 24.9 Å². The number of hydrogen-bond acceptors (Lipinski definition) is 13. The highest BCUT2D eigenvalue weighted by molar-refractivity contribution is 6.03. The first-order valence-corrected chi connectivity index (χ1v) is 14.0. The molecule has 0 radical (unpaired) electrons. The van der Waals surface area contributed by atoms with Crippen LogP contribution in [0.2, 0.25) is 0 Å². The molecule has 0 bridgehead atoms. The lowest BCUT2D eigenvalue weighted by Crippen LogP contribution is -2.28. The number of aromatic hydroxyl groups is 1. The largest absolute Gasteiger partial charge is 0.508 e. The topological polar surface area (TPSA) is 195 Å². The van der Waals surface area contributed by atoms with Crippen molar-refractivity contribution in [1.29, 1.82) is 0 Å². The minimum absolute atomic E-state index is 0.0181. The van der Waals surface area contributed by atoms with Gasteiger partial charge in [0.1, 0.15) is 36.2 Å². The van der Waals surface area contributed by atoms with Crippen LogP contribution in [0.5, 0.6) is 34.5 Å². The van der Waals surface area contributed by atoms with E-state index in [2.05, 4.69) is 14.8 Å². The van der Waals surface area contributed by atoms with Gasteiger partial charge < -0.3 is 34.2 Å². The summed E-state index contributed by atoms with van der Waals surface area (Å²) in [5, 5.41) is 27.8. The molecule has 47 heavy (non-hydrogen) atoms. The van der Waals surface area contributed by atoms with Crippen molar-refractivity contribution >= 4 is 11.9 Å². The molecule has 0 aliphatic carbocycles. The van der Waals surface area contributed by atoms with Gasteiger partial charge in [-0.2, -0.15) is 10.8 Å². The van der Waals surface area contributed by atoms with Gasteiger partial charge in [0.05, 0.1) is 24.3 Å². The van der Waals surface area contributed by atoms with Crippen LogP contribution in [0.4, 0.5) is 0 Å². The molecule has 248 valence electrons. The third kappa shape index (κ3) is 10.3. The summed E-state index contributed by atoms with van der Waals surface area (Å²) in [4.78, 5) is 47.8. The van der Waals surface area contributed by atoms with E-state index in [1.807, 2.05) is 13.8 Å². The van der Waals surface area contributed by atoms with Gasteiger partial charge in [0, 0.05) is 5.41 Å². The monoisotopic (exact) mass is 651 g/mol. The second-order valence-electron chi connectivity index (χ2n) is 10.8. The van der Waals surface area contributed by atoms with Gasteiger partial charge in [-0.25, -0.2) is 14.5 Å². The quantitative estimate of drug-likeness (QED) is 0.0485. The van der Waals surface area contributed by atoms with Crippen LogP contribution in [0.15, 0.2) is 84.9 Å². The third-order valence-corrected chi connectivity index (χ3v) is 6.48. The number of benzene rings is 4. The lowest BCUT2D eigenvalue weighted by atomic mass is 9.96. The molecule has 0 aromatic heterocycles. The number of hydrogen-bond donors (Lipinski definition) is 4. The van der Waals surface area contributed by atoms with E-state index in [4.69, 9.17) is 35.1 Å². The third-order valence-electron chi connectivity index (χ3n) is 6.48. The fraction of sp³-hybridized carbons (Fsp3) is 0.212. The molecule has 14 nitrogen and oxygen atoms in total. The van der Waals surface area contributed by atoms with Gasteiger partial charge >= 0.3 is 11.9 Å². The lowest BCUT2D eigenvalue weighted by molar-refractivity contribution is -0.253. The summed E-state index contributed by atoms with van der Waals surface area (Å²) in [5.74, 6) is 4.43. The Labute approximate surface area is 269 Å². The number of rotatable bonds is 17. The summed E-state index contributed by atoms with van der Waals surface area (Å²) < 4.78 is 17.2. The van der Waals surface area contributed by atoms with Gasteiger partial charge in [-0.15, -0.1) is 0 Å². The predicted molar refractivity (Wildman–Crippen MR) is 163 cm³/mol. The smallest absolute Gasteiger partial charge is 0.344 e. The molecule has 4 rings (SSSR count). The fourth-order valence-corrected chi connectivity index (χ4v) is 4.06. The van der Waals surface area contributed by atoms with E-state index in [0.29, 0.717) is 41.6 Å². The van der Waals surface area contributed by atoms with Crippen LogP contribution < -0.4 is 29.9 Å². The maximum atomic E-state index is 12.7. The number of carboxylic acid groups (broad SMARTS) is 1. The fourth-order valence-electron chi connectivity index (χ4n) is 4.06. The number of carbonyl (C=O) groups is 2. The number of aromatic carboxylic acids is 1. The molecule has 0 heterocycles. The predicted octanol–water partition coefficient (Wildman–Crippen LogP) is 5.48. The number of carbonyl (C=O) groups excluding carboxylic acids is 1. The first-order valence-electron chi connectivity index (χ1n) is 14.0. The molecule has 0 spiro atoms. The van der Waals surface area contributed by atoms with Crippen molar-refractivity contribution in [3.8, 4) is 34.5 Å². The van der Waals surface area contributed by atoms with Crippen LogP contribution in [-0.4, -0.2) is 40.6 Å². The van der Waals surface area contributed by atoms with Gasteiger partial charge in [-0.05, 0) is 90.0 Å². The van der Waals surface area contributed by atoms with Gasteiger partial charge in [0.2, 0.25) is 0 Å². The number of esters is 1. The summed E-state index contributed by atoms with van der Waals surface area (Å²) in [6.45, 7) is 4.54. The van der Waals surface area contributed by atoms with Crippen molar-refractivity contribution in [2.24, 2.45) is 11.3 Å². The van der Waals surface area contributed by atoms with Gasteiger partial charge in [0.15, 0.2) is 11.5 Å². The minimum Gasteiger partial charge on any atom is -0.508 e. The van der Waals surface area contributed by atoms with Crippen molar-refractivity contribution in [3.05, 3.63) is 107 Å². The van der Waals surface area contributed by atoms with E-state index in [0.717, 1.165) is 6.07 Å². The zero-order chi connectivity index (χ0) is 33.8. The summed E-state index contributed by atoms with van der Waals surface area (Å²) in [6, 6.07) is 21.3. The van der Waals surface area contributed by atoms with Gasteiger partial charge in [0.25, 0.3) is 0 Å². The molecular formula is C33H33NO13. The summed E-state index contributed by atoms with van der Waals surface area (Å²) in [5.41, 5.74) is 0.297. The highest BCUT2D eigenvalue weighted by Crippen LogP contribution is 2.26. The minimum atomic E-state index is -1.32. The lowest BCUT2D eigenvalue weighted by Gasteiger charge is -2.25. The normalized spacial score (nSPS) is 11.1. The summed E-state index contributed by atoms with van der Waals surface area (Å²) in [7, 11) is 0. The maximum Gasteiger partial charge on any atom is 0.344 e. The molecule has 0 fully saturated rings. The van der Waals surface area contributed by atoms with Gasteiger partial charge in [-0.3, -0.25) is 5.26 Å². The van der Waals surface area contributed by atoms with Crippen LogP contribution >= 0.6 is 0 Å². The molecule has 0 amide bonds. The number of nitrogens with two attached hydrogens (primary N) is 1. The zero-order valence-electron chi connectivity index (χ0n) is 25.4. The Kier molecular flexibility index (Phi) is 11.9. The van der Waals surface area contributed by atoms with E-state index >= 15 is 0 Å². The van der Waals surface area contributed by atoms with Crippen LogP contribution in [0.25, 0.3) is 0 Å². The number of phenols is 1. The number of ether oxygens (including phenoxy) is 3. The van der Waals surface area contributed by atoms with E-state index in [1.165, 1.54) is 36.4 Å². The second kappa shape index (κ2) is 16.3. The van der Waals surface area contributed by atoms with Crippen molar-refractivity contribution in [1.82, 2.24) is 0 Å². The van der Waals surface area contributed by atoms with Crippen molar-refractivity contribution in [2.45, 2.75) is 27.1 Å². The highest BCUT2D eigenvalue weighted by Gasteiger charge is 2.22. The van der Waals surface area contributed by atoms with E-state index in [1.54, 1.807) is 42.5 Å². The Bertz CT molecular complexity index is 1640. The molecule has 0 unspecified atom stereocenters. The molecule has 0 saturated carbocycles.